The predicted octanol–water partition coefficient (Wildman–Crippen LogP) is 1.59. The van der Waals surface area contributed by atoms with Gasteiger partial charge in [0.2, 0.25) is 0 Å². The van der Waals surface area contributed by atoms with E-state index in [1.807, 2.05) is 13.0 Å². The Balaban J connectivity index is 2.39. The number of carboxylic acid groups (broad SMARTS) is 1. The summed E-state index contributed by atoms with van der Waals surface area (Å²) in [7, 11) is 2.10. The zero-order chi connectivity index (χ0) is 15.1. The number of rotatable bonds is 3. The van der Waals surface area contributed by atoms with Crippen molar-refractivity contribution < 1.29 is 9.90 Å². The largest absolute Gasteiger partial charge is 0.478 e. The molecule has 2 heterocycles. The van der Waals surface area contributed by atoms with E-state index in [0.29, 0.717) is 18.7 Å². The molecule has 0 fully saturated rings. The van der Waals surface area contributed by atoms with Crippen LogP contribution in [-0.2, 0) is 19.5 Å². The number of nitrogens with zero attached hydrogens (tertiary/aromatic N) is 2. The topological polar surface area (TPSA) is 71.5 Å². The van der Waals surface area contributed by atoms with E-state index in [2.05, 4.69) is 22.6 Å². The van der Waals surface area contributed by atoms with E-state index in [1.165, 1.54) is 11.3 Å². The fourth-order valence-corrected chi connectivity index (χ4v) is 3.42. The number of likely N-dealkylation sites (N-methyl/N-ethyl adjacent to an activating group) is 1. The molecule has 2 aromatic rings. The van der Waals surface area contributed by atoms with Crippen LogP contribution in [0.3, 0.4) is 0 Å². The van der Waals surface area contributed by atoms with Crippen LogP contribution in [-0.4, -0.2) is 40.7 Å². The van der Waals surface area contributed by atoms with Gasteiger partial charge in [-0.05, 0) is 25.1 Å². The molecule has 1 aliphatic heterocycles. The molecule has 1 aromatic heterocycles. The summed E-state index contributed by atoms with van der Waals surface area (Å²) in [5, 5.41) is 10.7. The molecule has 0 amide bonds. The lowest BCUT2D eigenvalue weighted by Crippen LogP contribution is -2.27. The highest BCUT2D eigenvalue weighted by atomic mass is 16.4. The number of fused-ring (bicyclic) bond motifs is 3. The third-order valence-electron chi connectivity index (χ3n) is 4.38. The molecule has 112 valence electrons. The van der Waals surface area contributed by atoms with Gasteiger partial charge >= 0.3 is 5.97 Å². The van der Waals surface area contributed by atoms with E-state index >= 15 is 0 Å². The lowest BCUT2D eigenvalue weighted by Gasteiger charge is -2.24. The molecule has 0 saturated heterocycles. The van der Waals surface area contributed by atoms with Crippen LogP contribution in [0, 0.1) is 6.92 Å². The molecule has 0 atom stereocenters. The van der Waals surface area contributed by atoms with Crippen LogP contribution in [0.2, 0.25) is 0 Å². The number of nitrogens with two attached hydrogens (primary N) is 1. The second-order valence-corrected chi connectivity index (χ2v) is 5.81. The van der Waals surface area contributed by atoms with Crippen LogP contribution in [0.25, 0.3) is 10.9 Å². The molecular weight excluding hydrogens is 266 g/mol. The molecule has 0 aliphatic carbocycles. The monoisotopic (exact) mass is 287 g/mol. The molecule has 5 heteroatoms. The molecule has 1 aromatic carbocycles. The van der Waals surface area contributed by atoms with E-state index < -0.39 is 5.97 Å². The molecule has 1 aliphatic rings. The van der Waals surface area contributed by atoms with Gasteiger partial charge in [-0.25, -0.2) is 4.79 Å². The predicted molar refractivity (Wildman–Crippen MR) is 82.7 cm³/mol. The van der Waals surface area contributed by atoms with Gasteiger partial charge in [0.1, 0.15) is 0 Å². The second kappa shape index (κ2) is 5.16. The average molecular weight is 287 g/mol. The smallest absolute Gasteiger partial charge is 0.338 e. The minimum Gasteiger partial charge on any atom is -0.478 e. The Labute approximate surface area is 124 Å². The van der Waals surface area contributed by atoms with Crippen LogP contribution in [0.5, 0.6) is 0 Å². The summed E-state index contributed by atoms with van der Waals surface area (Å²) in [6, 6.07) is 3.97. The zero-order valence-electron chi connectivity index (χ0n) is 12.5. The maximum atomic E-state index is 11.7. The van der Waals surface area contributed by atoms with Crippen molar-refractivity contribution in [3.63, 3.8) is 0 Å². The first-order valence-corrected chi connectivity index (χ1v) is 7.30. The quantitative estimate of drug-likeness (QED) is 0.899. The van der Waals surface area contributed by atoms with Crippen LogP contribution in [0.15, 0.2) is 12.1 Å². The fraction of sp³-hybridized carbons (Fsp3) is 0.438. The molecule has 0 bridgehead atoms. The van der Waals surface area contributed by atoms with Gasteiger partial charge in [0, 0.05) is 43.7 Å². The summed E-state index contributed by atoms with van der Waals surface area (Å²) in [4.78, 5) is 14.0. The highest BCUT2D eigenvalue weighted by Crippen LogP contribution is 2.33. The Morgan fingerprint density at radius 2 is 2.19 bits per heavy atom. The number of aromatic carboxylic acids is 1. The van der Waals surface area contributed by atoms with E-state index in [1.54, 1.807) is 0 Å². The third kappa shape index (κ3) is 2.13. The summed E-state index contributed by atoms with van der Waals surface area (Å²) in [5.74, 6) is -0.862. The molecule has 0 spiro atoms. The molecule has 5 nitrogen and oxygen atoms in total. The second-order valence-electron chi connectivity index (χ2n) is 5.81. The van der Waals surface area contributed by atoms with Gasteiger partial charge in [0.05, 0.1) is 11.1 Å². The van der Waals surface area contributed by atoms with Crippen molar-refractivity contribution in [3.8, 4) is 0 Å². The first-order valence-electron chi connectivity index (χ1n) is 7.30. The first-order chi connectivity index (χ1) is 10.0. The lowest BCUT2D eigenvalue weighted by atomic mass is 10.0. The van der Waals surface area contributed by atoms with Crippen molar-refractivity contribution in [2.24, 2.45) is 5.73 Å². The number of hydrogen-bond donors (Lipinski definition) is 2. The molecular formula is C16H21N3O2. The van der Waals surface area contributed by atoms with Crippen LogP contribution < -0.4 is 5.73 Å². The van der Waals surface area contributed by atoms with Crippen molar-refractivity contribution in [1.82, 2.24) is 9.47 Å². The Morgan fingerprint density at radius 1 is 1.43 bits per heavy atom. The highest BCUT2D eigenvalue weighted by molar-refractivity contribution is 6.05. The summed E-state index contributed by atoms with van der Waals surface area (Å²) >= 11 is 0. The summed E-state index contributed by atoms with van der Waals surface area (Å²) in [6.45, 7) is 4.90. The zero-order valence-corrected chi connectivity index (χ0v) is 12.5. The van der Waals surface area contributed by atoms with Crippen molar-refractivity contribution in [2.45, 2.75) is 26.4 Å². The van der Waals surface area contributed by atoms with E-state index in [4.69, 9.17) is 5.73 Å². The Morgan fingerprint density at radius 3 is 2.86 bits per heavy atom. The number of aryl methyl sites for hydroxylation is 1. The van der Waals surface area contributed by atoms with Crippen LogP contribution >= 0.6 is 0 Å². The van der Waals surface area contributed by atoms with Crippen LogP contribution in [0.1, 0.15) is 27.2 Å². The maximum Gasteiger partial charge on any atom is 0.338 e. The Bertz CT molecular complexity index is 718. The molecule has 0 saturated carbocycles. The summed E-state index contributed by atoms with van der Waals surface area (Å²) < 4.78 is 2.13. The highest BCUT2D eigenvalue weighted by Gasteiger charge is 2.25. The Kier molecular flexibility index (Phi) is 3.47. The number of carboxylic acids is 1. The number of benzene rings is 1. The van der Waals surface area contributed by atoms with Crippen LogP contribution in [0.4, 0.5) is 0 Å². The van der Waals surface area contributed by atoms with Gasteiger partial charge in [-0.2, -0.15) is 0 Å². The standard InChI is InChI=1S/C16H21N3O2/c1-10-3-4-11-12-9-18(2)7-5-13(12)19(8-6-17)15(11)14(10)16(20)21/h3-4H,5-9,17H2,1-2H3,(H,20,21). The van der Waals surface area contributed by atoms with Gasteiger partial charge in [-0.15, -0.1) is 0 Å². The van der Waals surface area contributed by atoms with E-state index in [0.717, 1.165) is 36.0 Å². The summed E-state index contributed by atoms with van der Waals surface area (Å²) in [5.41, 5.74) is 10.3. The molecule has 3 rings (SSSR count). The number of carbonyl (C=O) groups is 1. The van der Waals surface area contributed by atoms with Crippen molar-refractivity contribution in [1.29, 1.82) is 0 Å². The third-order valence-corrected chi connectivity index (χ3v) is 4.38. The van der Waals surface area contributed by atoms with Gasteiger partial charge in [0.25, 0.3) is 0 Å². The SMILES string of the molecule is Cc1ccc2c3c(n(CCN)c2c1C(=O)O)CCN(C)C3. The number of aromatic nitrogens is 1. The average Bonchev–Trinajstić information content (AvgIpc) is 2.72. The van der Waals surface area contributed by atoms with Gasteiger partial charge < -0.3 is 20.3 Å². The fourth-order valence-electron chi connectivity index (χ4n) is 3.42. The minimum absolute atomic E-state index is 0.415. The maximum absolute atomic E-state index is 11.7. The van der Waals surface area contributed by atoms with E-state index in [-0.39, 0.29) is 0 Å². The first kappa shape index (κ1) is 14.1. The van der Waals surface area contributed by atoms with E-state index in [9.17, 15) is 9.90 Å². The normalized spacial score (nSPS) is 15.4. The molecule has 21 heavy (non-hydrogen) atoms. The molecule has 0 radical (unpaired) electrons. The minimum atomic E-state index is -0.862. The van der Waals surface area contributed by atoms with Gasteiger partial charge in [-0.1, -0.05) is 12.1 Å². The van der Waals surface area contributed by atoms with Gasteiger partial charge in [-0.3, -0.25) is 0 Å². The Hall–Kier alpha value is -1.85. The summed E-state index contributed by atoms with van der Waals surface area (Å²) in [6.07, 6.45) is 0.943. The van der Waals surface area contributed by atoms with Crippen molar-refractivity contribution in [2.75, 3.05) is 20.1 Å². The number of hydrogen-bond acceptors (Lipinski definition) is 3. The lowest BCUT2D eigenvalue weighted by molar-refractivity contribution is 0.0698. The van der Waals surface area contributed by atoms with Gasteiger partial charge in [0.15, 0.2) is 0 Å². The molecule has 3 N–H and O–H groups in total. The molecule has 0 unspecified atom stereocenters. The van der Waals surface area contributed by atoms with Crippen molar-refractivity contribution >= 4 is 16.9 Å². The van der Waals surface area contributed by atoms with Crippen molar-refractivity contribution in [3.05, 3.63) is 34.5 Å².